The number of likely N-dealkylation sites (tertiary alicyclic amines) is 1. The van der Waals surface area contributed by atoms with E-state index >= 15 is 0 Å². The van der Waals surface area contributed by atoms with Crippen molar-refractivity contribution in [2.24, 2.45) is 5.92 Å². The number of ketones is 1. The second-order valence-corrected chi connectivity index (χ2v) is 8.04. The molecule has 5 nitrogen and oxygen atoms in total. The Hall–Kier alpha value is -1.72. The Bertz CT molecular complexity index is 745. The van der Waals surface area contributed by atoms with Crippen LogP contribution in [0.1, 0.15) is 62.4 Å². The zero-order valence-electron chi connectivity index (χ0n) is 17.0. The third-order valence-corrected chi connectivity index (χ3v) is 5.69. The maximum absolute atomic E-state index is 12.8. The molecule has 1 saturated heterocycles. The normalized spacial score (nSPS) is 16.4. The summed E-state index contributed by atoms with van der Waals surface area (Å²) in [5.74, 6) is 0.900. The maximum Gasteiger partial charge on any atom is 0.165 e. The average molecular weight is 372 g/mol. The minimum absolute atomic E-state index is 0.233. The van der Waals surface area contributed by atoms with Crippen molar-refractivity contribution in [2.45, 2.75) is 52.0 Å². The highest BCUT2D eigenvalue weighted by Crippen LogP contribution is 2.25. The van der Waals surface area contributed by atoms with E-state index in [-0.39, 0.29) is 5.78 Å². The fourth-order valence-corrected chi connectivity index (χ4v) is 3.95. The molecule has 0 amide bonds. The van der Waals surface area contributed by atoms with Crippen LogP contribution < -0.4 is 0 Å². The zero-order chi connectivity index (χ0) is 19.2. The smallest absolute Gasteiger partial charge is 0.165 e. The molecule has 0 radical (unpaired) electrons. The molecule has 0 atom stereocenters. The number of hydrogen-bond acceptors (Lipinski definition) is 4. The molecule has 0 N–H and O–H groups in total. The molecule has 0 unspecified atom stereocenters. The third kappa shape index (κ3) is 5.17. The van der Waals surface area contributed by atoms with Gasteiger partial charge in [0.05, 0.1) is 0 Å². The van der Waals surface area contributed by atoms with E-state index in [0.29, 0.717) is 18.4 Å². The lowest BCUT2D eigenvalue weighted by molar-refractivity contribution is 0.0961. The Morgan fingerprint density at radius 1 is 1.30 bits per heavy atom. The second kappa shape index (κ2) is 9.47. The fourth-order valence-electron chi connectivity index (χ4n) is 3.95. The van der Waals surface area contributed by atoms with E-state index in [1.165, 1.54) is 12.8 Å². The summed E-state index contributed by atoms with van der Waals surface area (Å²) in [5, 5.41) is 5.71. The van der Waals surface area contributed by atoms with Gasteiger partial charge in [-0.3, -0.25) is 9.48 Å². The molecule has 27 heavy (non-hydrogen) atoms. The van der Waals surface area contributed by atoms with E-state index in [1.807, 2.05) is 29.1 Å². The number of benzene rings is 1. The van der Waals surface area contributed by atoms with E-state index in [4.69, 9.17) is 4.74 Å². The molecule has 0 aliphatic carbocycles. The monoisotopic (exact) mass is 371 g/mol. The van der Waals surface area contributed by atoms with Crippen LogP contribution in [-0.2, 0) is 4.74 Å². The number of nitrogens with zero attached hydrogens (tertiary/aromatic N) is 3. The highest BCUT2D eigenvalue weighted by Gasteiger charge is 2.21. The van der Waals surface area contributed by atoms with Crippen molar-refractivity contribution >= 4 is 16.7 Å². The van der Waals surface area contributed by atoms with E-state index in [1.54, 1.807) is 7.11 Å². The first kappa shape index (κ1) is 20.0. The number of ether oxygens (including phenoxy) is 1. The van der Waals surface area contributed by atoms with Gasteiger partial charge in [0, 0.05) is 49.9 Å². The van der Waals surface area contributed by atoms with Gasteiger partial charge in [-0.15, -0.1) is 0 Å². The van der Waals surface area contributed by atoms with Crippen LogP contribution >= 0.6 is 0 Å². The largest absolute Gasteiger partial charge is 0.385 e. The van der Waals surface area contributed by atoms with E-state index in [9.17, 15) is 4.79 Å². The van der Waals surface area contributed by atoms with Gasteiger partial charge < -0.3 is 9.64 Å². The highest BCUT2D eigenvalue weighted by molar-refractivity contribution is 6.06. The topological polar surface area (TPSA) is 47.4 Å². The van der Waals surface area contributed by atoms with Gasteiger partial charge in [-0.25, -0.2) is 0 Å². The molecular formula is C22H33N3O2. The molecule has 3 rings (SSSR count). The number of aromatic nitrogens is 2. The van der Waals surface area contributed by atoms with Gasteiger partial charge in [0.15, 0.2) is 5.78 Å². The van der Waals surface area contributed by atoms with Crippen molar-refractivity contribution in [3.05, 3.63) is 30.0 Å². The highest BCUT2D eigenvalue weighted by atomic mass is 16.5. The van der Waals surface area contributed by atoms with Crippen molar-refractivity contribution in [3.8, 4) is 0 Å². The predicted octanol–water partition coefficient (Wildman–Crippen LogP) is 4.33. The summed E-state index contributed by atoms with van der Waals surface area (Å²) >= 11 is 0. The van der Waals surface area contributed by atoms with Crippen LogP contribution in [0, 0.1) is 5.92 Å². The summed E-state index contributed by atoms with van der Waals surface area (Å²) in [4.78, 5) is 15.4. The van der Waals surface area contributed by atoms with E-state index < -0.39 is 0 Å². The van der Waals surface area contributed by atoms with Gasteiger partial charge in [0.2, 0.25) is 0 Å². The molecule has 0 bridgehead atoms. The van der Waals surface area contributed by atoms with Gasteiger partial charge in [-0.05, 0) is 64.6 Å². The zero-order valence-corrected chi connectivity index (χ0v) is 17.0. The number of rotatable bonds is 9. The maximum atomic E-state index is 12.8. The standard InChI is InChI=1S/C22H33N3O2/c1-17(2)25-16-19-6-4-7-20(22(19)23-25)21(26)9-8-18-10-13-24(14-11-18)12-5-15-27-3/h4,6-7,16-18H,5,8-15H2,1-3H3. The van der Waals surface area contributed by atoms with Crippen LogP contribution in [-0.4, -0.2) is 53.8 Å². The first-order valence-electron chi connectivity index (χ1n) is 10.3. The molecule has 1 aliphatic rings. The number of carbonyl (C=O) groups excluding carboxylic acids is 1. The van der Waals surface area contributed by atoms with Crippen molar-refractivity contribution in [2.75, 3.05) is 33.4 Å². The number of carbonyl (C=O) groups is 1. The molecule has 2 heterocycles. The molecule has 1 aromatic heterocycles. The Kier molecular flexibility index (Phi) is 7.02. The summed E-state index contributed by atoms with van der Waals surface area (Å²) in [6.45, 7) is 8.48. The molecule has 1 aromatic carbocycles. The van der Waals surface area contributed by atoms with E-state index in [2.05, 4.69) is 23.8 Å². The van der Waals surface area contributed by atoms with Crippen LogP contribution in [0.15, 0.2) is 24.4 Å². The molecule has 0 spiro atoms. The van der Waals surface area contributed by atoms with Crippen LogP contribution in [0.4, 0.5) is 0 Å². The van der Waals surface area contributed by atoms with Crippen LogP contribution in [0.25, 0.3) is 10.9 Å². The number of Topliss-reactive ketones (excluding diaryl/α,β-unsaturated/α-hetero) is 1. The fraction of sp³-hybridized carbons (Fsp3) is 0.636. The van der Waals surface area contributed by atoms with Gasteiger partial charge in [-0.1, -0.05) is 12.1 Å². The number of piperidine rings is 1. The predicted molar refractivity (Wildman–Crippen MR) is 109 cm³/mol. The van der Waals surface area contributed by atoms with Crippen LogP contribution in [0.2, 0.25) is 0 Å². The summed E-state index contributed by atoms with van der Waals surface area (Å²) in [6, 6.07) is 6.24. The van der Waals surface area contributed by atoms with Gasteiger partial charge in [0.1, 0.15) is 5.52 Å². The molecule has 1 aliphatic heterocycles. The summed E-state index contributed by atoms with van der Waals surface area (Å²) in [5.41, 5.74) is 1.63. The molecular weight excluding hydrogens is 338 g/mol. The molecule has 148 valence electrons. The Labute approximate surface area is 162 Å². The van der Waals surface area contributed by atoms with E-state index in [0.717, 1.165) is 55.5 Å². The lowest BCUT2D eigenvalue weighted by atomic mass is 9.90. The summed E-state index contributed by atoms with van der Waals surface area (Å²) in [6.07, 6.45) is 7.16. The Morgan fingerprint density at radius 2 is 2.07 bits per heavy atom. The van der Waals surface area contributed by atoms with Crippen molar-refractivity contribution in [1.29, 1.82) is 0 Å². The quantitative estimate of drug-likeness (QED) is 0.486. The summed E-state index contributed by atoms with van der Waals surface area (Å²) in [7, 11) is 1.76. The molecule has 1 fully saturated rings. The number of fused-ring (bicyclic) bond motifs is 1. The van der Waals surface area contributed by atoms with Crippen molar-refractivity contribution in [1.82, 2.24) is 14.7 Å². The lowest BCUT2D eigenvalue weighted by Gasteiger charge is -2.31. The first-order chi connectivity index (χ1) is 13.1. The summed E-state index contributed by atoms with van der Waals surface area (Å²) < 4.78 is 7.08. The van der Waals surface area contributed by atoms with Crippen molar-refractivity contribution < 1.29 is 9.53 Å². The third-order valence-electron chi connectivity index (χ3n) is 5.69. The number of methoxy groups -OCH3 is 1. The SMILES string of the molecule is COCCCN1CCC(CCC(=O)c2cccc3cn(C(C)C)nc23)CC1. The second-order valence-electron chi connectivity index (χ2n) is 8.04. The number of hydrogen-bond donors (Lipinski definition) is 0. The van der Waals surface area contributed by atoms with Crippen LogP contribution in [0.5, 0.6) is 0 Å². The minimum atomic E-state index is 0.233. The minimum Gasteiger partial charge on any atom is -0.385 e. The van der Waals surface area contributed by atoms with Crippen LogP contribution in [0.3, 0.4) is 0 Å². The molecule has 5 heteroatoms. The Balaban J connectivity index is 1.52. The first-order valence-corrected chi connectivity index (χ1v) is 10.3. The molecule has 0 saturated carbocycles. The van der Waals surface area contributed by atoms with Gasteiger partial charge >= 0.3 is 0 Å². The average Bonchev–Trinajstić information content (AvgIpc) is 3.12. The van der Waals surface area contributed by atoms with Crippen molar-refractivity contribution in [3.63, 3.8) is 0 Å². The molecule has 2 aromatic rings. The Morgan fingerprint density at radius 3 is 2.78 bits per heavy atom. The lowest BCUT2D eigenvalue weighted by Crippen LogP contribution is -2.34. The van der Waals surface area contributed by atoms with Gasteiger partial charge in [0.25, 0.3) is 0 Å². The van der Waals surface area contributed by atoms with Gasteiger partial charge in [-0.2, -0.15) is 5.10 Å².